The first-order chi connectivity index (χ1) is 9.28. The van der Waals surface area contributed by atoms with Gasteiger partial charge in [0.15, 0.2) is 0 Å². The monoisotopic (exact) mass is 298 g/mol. The maximum absolute atomic E-state index is 10.8. The molecule has 1 aliphatic rings. The van der Waals surface area contributed by atoms with E-state index in [4.69, 9.17) is 16.3 Å². The lowest BCUT2D eigenvalue weighted by Gasteiger charge is -2.36. The fourth-order valence-corrected chi connectivity index (χ4v) is 2.89. The molecule has 2 rings (SSSR count). The van der Waals surface area contributed by atoms with Gasteiger partial charge >= 0.3 is 0 Å². The van der Waals surface area contributed by atoms with Crippen molar-refractivity contribution < 1.29 is 9.66 Å². The topological polar surface area (TPSA) is 64.4 Å². The predicted molar refractivity (Wildman–Crippen MR) is 79.5 cm³/mol. The van der Waals surface area contributed by atoms with Crippen LogP contribution in [0.4, 0.5) is 11.4 Å². The Morgan fingerprint density at radius 2 is 2.20 bits per heavy atom. The third kappa shape index (κ3) is 3.41. The summed E-state index contributed by atoms with van der Waals surface area (Å²) in [7, 11) is 0. The van der Waals surface area contributed by atoms with Crippen LogP contribution in [0, 0.1) is 17.0 Å². The average molecular weight is 299 g/mol. The van der Waals surface area contributed by atoms with Crippen LogP contribution in [-0.4, -0.2) is 23.2 Å². The lowest BCUT2D eigenvalue weighted by atomic mass is 9.93. The van der Waals surface area contributed by atoms with E-state index in [-0.39, 0.29) is 17.3 Å². The molecule has 0 spiro atoms. The van der Waals surface area contributed by atoms with E-state index in [1.54, 1.807) is 6.07 Å². The zero-order valence-corrected chi connectivity index (χ0v) is 12.7. The van der Waals surface area contributed by atoms with Crippen LogP contribution in [0.2, 0.25) is 5.02 Å². The summed E-state index contributed by atoms with van der Waals surface area (Å²) in [5.74, 6) is 0. The minimum Gasteiger partial charge on any atom is -0.381 e. The molecule has 1 unspecified atom stereocenters. The first kappa shape index (κ1) is 15.1. The largest absolute Gasteiger partial charge is 0.381 e. The molecule has 0 amide bonds. The van der Waals surface area contributed by atoms with Crippen LogP contribution in [0.3, 0.4) is 0 Å². The summed E-state index contributed by atoms with van der Waals surface area (Å²) < 4.78 is 5.68. The van der Waals surface area contributed by atoms with E-state index in [9.17, 15) is 10.1 Å². The van der Waals surface area contributed by atoms with Crippen molar-refractivity contribution in [3.8, 4) is 0 Å². The molecule has 0 bridgehead atoms. The number of benzene rings is 1. The van der Waals surface area contributed by atoms with Gasteiger partial charge in [0.25, 0.3) is 5.69 Å². The predicted octanol–water partition coefficient (Wildman–Crippen LogP) is 3.93. The highest BCUT2D eigenvalue weighted by Crippen LogP contribution is 2.34. The van der Waals surface area contributed by atoms with Crippen LogP contribution in [-0.2, 0) is 4.74 Å². The van der Waals surface area contributed by atoms with Crippen molar-refractivity contribution >= 4 is 23.0 Å². The summed E-state index contributed by atoms with van der Waals surface area (Å²) in [6.45, 7) is 6.65. The van der Waals surface area contributed by atoms with Gasteiger partial charge < -0.3 is 10.1 Å². The normalized spacial score (nSPS) is 21.5. The number of nitrogens with one attached hydrogen (secondary N) is 1. The van der Waals surface area contributed by atoms with Gasteiger partial charge in [0.1, 0.15) is 0 Å². The molecule has 1 aliphatic heterocycles. The number of nitrogens with zero attached hydrogens (tertiary/aromatic N) is 1. The van der Waals surface area contributed by atoms with Gasteiger partial charge in [0.05, 0.1) is 21.2 Å². The number of anilines is 1. The van der Waals surface area contributed by atoms with Crippen molar-refractivity contribution in [3.05, 3.63) is 32.8 Å². The molecule has 0 saturated carbocycles. The summed E-state index contributed by atoms with van der Waals surface area (Å²) in [5, 5.41) is 14.6. The van der Waals surface area contributed by atoms with E-state index < -0.39 is 4.92 Å². The van der Waals surface area contributed by atoms with Gasteiger partial charge in [-0.3, -0.25) is 10.1 Å². The third-order valence-electron chi connectivity index (χ3n) is 3.53. The molecule has 6 heteroatoms. The number of ether oxygens (including phenoxy) is 1. The van der Waals surface area contributed by atoms with Gasteiger partial charge in [0.2, 0.25) is 0 Å². The average Bonchev–Trinajstić information content (AvgIpc) is 2.32. The molecule has 1 heterocycles. The molecule has 1 N–H and O–H groups in total. The smallest absolute Gasteiger partial charge is 0.271 e. The zero-order valence-electron chi connectivity index (χ0n) is 11.9. The maximum atomic E-state index is 10.8. The highest BCUT2D eigenvalue weighted by Gasteiger charge is 2.29. The quantitative estimate of drug-likeness (QED) is 0.678. The second kappa shape index (κ2) is 5.58. The molecule has 0 aliphatic carbocycles. The van der Waals surface area contributed by atoms with E-state index >= 15 is 0 Å². The first-order valence-electron chi connectivity index (χ1n) is 6.63. The van der Waals surface area contributed by atoms with Gasteiger partial charge in [-0.25, -0.2) is 0 Å². The highest BCUT2D eigenvalue weighted by atomic mass is 35.5. The summed E-state index contributed by atoms with van der Waals surface area (Å²) in [6.07, 6.45) is 1.77. The SMILES string of the molecule is Cc1cc([N+](=O)[O-])cc(Cl)c1NC1CCOC(C)(C)C1. The molecule has 1 aromatic carbocycles. The Morgan fingerprint density at radius 3 is 2.75 bits per heavy atom. The molecule has 110 valence electrons. The Bertz CT molecular complexity index is 508. The standard InChI is InChI=1S/C14H19ClN2O3/c1-9-6-11(17(18)19)7-12(15)13(9)16-10-4-5-20-14(2,3)8-10/h6-7,10,16H,4-5,8H2,1-3H3. The van der Waals surface area contributed by atoms with Crippen molar-refractivity contribution in [2.24, 2.45) is 0 Å². The fourth-order valence-electron chi connectivity index (χ4n) is 2.57. The first-order valence-corrected chi connectivity index (χ1v) is 7.01. The van der Waals surface area contributed by atoms with E-state index in [0.717, 1.165) is 24.1 Å². The molecular formula is C14H19ClN2O3. The van der Waals surface area contributed by atoms with Crippen molar-refractivity contribution in [2.75, 3.05) is 11.9 Å². The molecule has 1 aromatic rings. The Hall–Kier alpha value is -1.33. The molecule has 1 saturated heterocycles. The molecule has 5 nitrogen and oxygen atoms in total. The summed E-state index contributed by atoms with van der Waals surface area (Å²) in [6, 6.07) is 3.19. The fraction of sp³-hybridized carbons (Fsp3) is 0.571. The second-order valence-electron chi connectivity index (χ2n) is 5.82. The Labute approximate surface area is 123 Å². The number of non-ortho nitro benzene ring substituents is 1. The number of halogens is 1. The number of aryl methyl sites for hydroxylation is 1. The second-order valence-corrected chi connectivity index (χ2v) is 6.23. The van der Waals surface area contributed by atoms with Gasteiger partial charge in [0, 0.05) is 24.8 Å². The van der Waals surface area contributed by atoms with Gasteiger partial charge in [-0.15, -0.1) is 0 Å². The zero-order chi connectivity index (χ0) is 14.9. The van der Waals surface area contributed by atoms with Crippen LogP contribution in [0.25, 0.3) is 0 Å². The maximum Gasteiger partial charge on any atom is 0.271 e. The minimum atomic E-state index is -0.430. The molecule has 0 aromatic heterocycles. The van der Waals surface area contributed by atoms with Gasteiger partial charge in [-0.05, 0) is 39.2 Å². The van der Waals surface area contributed by atoms with Crippen molar-refractivity contribution in [3.63, 3.8) is 0 Å². The number of nitro benzene ring substituents is 1. The molecule has 20 heavy (non-hydrogen) atoms. The molecule has 1 atom stereocenters. The van der Waals surface area contributed by atoms with Crippen molar-refractivity contribution in [1.82, 2.24) is 0 Å². The molecular weight excluding hydrogens is 280 g/mol. The van der Waals surface area contributed by atoms with Crippen molar-refractivity contribution in [2.45, 2.75) is 45.3 Å². The van der Waals surface area contributed by atoms with E-state index in [1.807, 2.05) is 6.92 Å². The number of hydrogen-bond donors (Lipinski definition) is 1. The Balaban J connectivity index is 2.19. The van der Waals surface area contributed by atoms with Crippen LogP contribution < -0.4 is 5.32 Å². The van der Waals surface area contributed by atoms with Crippen LogP contribution in [0.5, 0.6) is 0 Å². The third-order valence-corrected chi connectivity index (χ3v) is 3.83. The highest BCUT2D eigenvalue weighted by molar-refractivity contribution is 6.33. The summed E-state index contributed by atoms with van der Waals surface area (Å²) in [4.78, 5) is 10.4. The Kier molecular flexibility index (Phi) is 4.20. The van der Waals surface area contributed by atoms with Crippen molar-refractivity contribution in [1.29, 1.82) is 0 Å². The molecule has 0 radical (unpaired) electrons. The number of hydrogen-bond acceptors (Lipinski definition) is 4. The summed E-state index contributed by atoms with van der Waals surface area (Å²) in [5.41, 5.74) is 1.43. The lowest BCUT2D eigenvalue weighted by molar-refractivity contribution is -0.384. The van der Waals surface area contributed by atoms with Gasteiger partial charge in [-0.1, -0.05) is 11.6 Å². The van der Waals surface area contributed by atoms with E-state index in [2.05, 4.69) is 19.2 Å². The van der Waals surface area contributed by atoms with E-state index in [1.165, 1.54) is 6.07 Å². The summed E-state index contributed by atoms with van der Waals surface area (Å²) >= 11 is 6.17. The molecule has 1 fully saturated rings. The minimum absolute atomic E-state index is 0.0188. The van der Waals surface area contributed by atoms with Crippen LogP contribution in [0.1, 0.15) is 32.3 Å². The van der Waals surface area contributed by atoms with E-state index in [0.29, 0.717) is 11.6 Å². The van der Waals surface area contributed by atoms with Crippen LogP contribution in [0.15, 0.2) is 12.1 Å². The number of rotatable bonds is 3. The van der Waals surface area contributed by atoms with Crippen LogP contribution >= 0.6 is 11.6 Å². The van der Waals surface area contributed by atoms with Gasteiger partial charge in [-0.2, -0.15) is 0 Å². The number of nitro groups is 1. The Morgan fingerprint density at radius 1 is 1.50 bits per heavy atom. The lowest BCUT2D eigenvalue weighted by Crippen LogP contribution is -2.40.